The third-order valence-corrected chi connectivity index (χ3v) is 6.17. The van der Waals surface area contributed by atoms with E-state index in [1.165, 1.54) is 6.42 Å². The molecule has 2 amide bonds. The number of aliphatic imine (C=N–C) groups is 1. The maximum Gasteiger partial charge on any atom is 0.254 e. The molecule has 2 aliphatic heterocycles. The summed E-state index contributed by atoms with van der Waals surface area (Å²) < 4.78 is 5.44. The van der Waals surface area contributed by atoms with E-state index in [-0.39, 0.29) is 5.91 Å². The smallest absolute Gasteiger partial charge is 0.254 e. The van der Waals surface area contributed by atoms with Crippen LogP contribution in [0.3, 0.4) is 0 Å². The average molecular weight is 396 g/mol. The van der Waals surface area contributed by atoms with Crippen molar-refractivity contribution in [3.63, 3.8) is 0 Å². The summed E-state index contributed by atoms with van der Waals surface area (Å²) in [5.41, 5.74) is 6.26. The number of rotatable bonds is 6. The van der Waals surface area contributed by atoms with Crippen molar-refractivity contribution in [3.05, 3.63) is 42.0 Å². The van der Waals surface area contributed by atoms with Crippen molar-refractivity contribution in [2.24, 2.45) is 16.6 Å². The fourth-order valence-electron chi connectivity index (χ4n) is 4.44. The summed E-state index contributed by atoms with van der Waals surface area (Å²) >= 11 is 0. The van der Waals surface area contributed by atoms with E-state index in [0.29, 0.717) is 31.1 Å². The highest BCUT2D eigenvalue weighted by molar-refractivity contribution is 6.01. The van der Waals surface area contributed by atoms with Gasteiger partial charge in [-0.1, -0.05) is 37.5 Å². The second-order valence-electron chi connectivity index (χ2n) is 8.07. The molecule has 1 aromatic carbocycles. The van der Waals surface area contributed by atoms with Gasteiger partial charge in [-0.05, 0) is 30.5 Å². The number of primary amides is 1. The van der Waals surface area contributed by atoms with Crippen LogP contribution in [0.5, 0.6) is 0 Å². The molecule has 7 nitrogen and oxygen atoms in total. The minimum absolute atomic E-state index is 0.209. The van der Waals surface area contributed by atoms with Gasteiger partial charge in [-0.15, -0.1) is 0 Å². The number of allylic oxidation sites excluding steroid dienone is 1. The highest BCUT2D eigenvalue weighted by atomic mass is 16.5. The minimum atomic E-state index is -0.888. The number of amides is 2. The summed E-state index contributed by atoms with van der Waals surface area (Å²) in [5, 5.41) is 3.16. The fraction of sp³-hybridized carbons (Fsp3) is 0.500. The number of morpholine rings is 1. The second kappa shape index (κ2) is 8.37. The molecule has 4 rings (SSSR count). The van der Waals surface area contributed by atoms with Crippen molar-refractivity contribution in [3.8, 4) is 0 Å². The van der Waals surface area contributed by atoms with E-state index in [4.69, 9.17) is 10.5 Å². The maximum atomic E-state index is 13.4. The Morgan fingerprint density at radius 2 is 2.00 bits per heavy atom. The van der Waals surface area contributed by atoms with Gasteiger partial charge < -0.3 is 20.7 Å². The summed E-state index contributed by atoms with van der Waals surface area (Å²) in [7, 11) is 0. The number of nitrogens with zero attached hydrogens (tertiary/aromatic N) is 2. The first kappa shape index (κ1) is 19.6. The Morgan fingerprint density at radius 3 is 2.69 bits per heavy atom. The van der Waals surface area contributed by atoms with Crippen LogP contribution < -0.4 is 16.0 Å². The third-order valence-electron chi connectivity index (χ3n) is 6.17. The molecule has 0 radical (unpaired) electrons. The molecule has 0 bridgehead atoms. The van der Waals surface area contributed by atoms with Crippen molar-refractivity contribution in [2.75, 3.05) is 31.2 Å². The highest BCUT2D eigenvalue weighted by Gasteiger charge is 2.45. The topological polar surface area (TPSA) is 97.0 Å². The Balaban J connectivity index is 1.63. The van der Waals surface area contributed by atoms with Gasteiger partial charge in [0.2, 0.25) is 5.91 Å². The Labute approximate surface area is 171 Å². The number of carbonyl (C=O) groups is 2. The van der Waals surface area contributed by atoms with Crippen LogP contribution in [-0.4, -0.2) is 55.9 Å². The number of nitrogens with one attached hydrogen (secondary N) is 1. The lowest BCUT2D eigenvalue weighted by Gasteiger charge is -2.42. The van der Waals surface area contributed by atoms with Crippen molar-refractivity contribution >= 4 is 23.7 Å². The predicted octanol–water partition coefficient (Wildman–Crippen LogP) is 1.68. The number of benzene rings is 1. The molecule has 1 aromatic rings. The summed E-state index contributed by atoms with van der Waals surface area (Å²) in [5.74, 6) is -0.268. The van der Waals surface area contributed by atoms with Crippen LogP contribution in [0.25, 0.3) is 0 Å². The first-order valence-corrected chi connectivity index (χ1v) is 10.3. The first-order chi connectivity index (χ1) is 14.1. The van der Waals surface area contributed by atoms with Crippen LogP contribution in [0.15, 0.2) is 41.4 Å². The van der Waals surface area contributed by atoms with Crippen LogP contribution in [-0.2, 0) is 9.53 Å². The molecule has 1 saturated heterocycles. The van der Waals surface area contributed by atoms with E-state index < -0.39 is 17.5 Å². The molecule has 7 heteroatoms. The van der Waals surface area contributed by atoms with Gasteiger partial charge in [0, 0.05) is 25.0 Å². The molecule has 1 aliphatic carbocycles. The van der Waals surface area contributed by atoms with Crippen molar-refractivity contribution in [1.29, 1.82) is 0 Å². The Kier molecular flexibility index (Phi) is 5.67. The van der Waals surface area contributed by atoms with Gasteiger partial charge in [0.15, 0.2) is 6.04 Å². The van der Waals surface area contributed by atoms with Crippen LogP contribution >= 0.6 is 0 Å². The summed E-state index contributed by atoms with van der Waals surface area (Å²) in [4.78, 5) is 32.1. The summed E-state index contributed by atoms with van der Waals surface area (Å²) in [6, 6.07) is 6.78. The molecule has 3 aliphatic rings. The Morgan fingerprint density at radius 1 is 1.24 bits per heavy atom. The third kappa shape index (κ3) is 4.05. The molecule has 29 heavy (non-hydrogen) atoms. The normalized spacial score (nSPS) is 26.8. The lowest BCUT2D eigenvalue weighted by molar-refractivity contribution is -0.120. The van der Waals surface area contributed by atoms with Crippen LogP contribution in [0.1, 0.15) is 36.0 Å². The molecular weight excluding hydrogens is 368 g/mol. The maximum absolute atomic E-state index is 13.4. The number of anilines is 1. The molecule has 2 heterocycles. The largest absolute Gasteiger partial charge is 0.378 e. The zero-order chi connectivity index (χ0) is 20.3. The summed E-state index contributed by atoms with van der Waals surface area (Å²) in [6.45, 7) is 2.77. The Hall–Kier alpha value is -2.67. The SMILES string of the molecule is NC(=O)C1N=CC=CC1(CC1CCC1)NC(=O)c1ccccc1N1CCOCC1. The number of dihydropyridines is 1. The zero-order valence-electron chi connectivity index (χ0n) is 16.5. The predicted molar refractivity (Wildman–Crippen MR) is 112 cm³/mol. The van der Waals surface area contributed by atoms with E-state index in [2.05, 4.69) is 15.2 Å². The molecular formula is C22H28N4O3. The van der Waals surface area contributed by atoms with Crippen molar-refractivity contribution in [1.82, 2.24) is 5.32 Å². The quantitative estimate of drug-likeness (QED) is 0.764. The highest BCUT2D eigenvalue weighted by Crippen LogP contribution is 2.37. The summed E-state index contributed by atoms with van der Waals surface area (Å²) in [6.07, 6.45) is 9.33. The van der Waals surface area contributed by atoms with Gasteiger partial charge in [0.05, 0.1) is 24.3 Å². The molecule has 2 atom stereocenters. The van der Waals surface area contributed by atoms with Gasteiger partial charge in [-0.25, -0.2) is 0 Å². The van der Waals surface area contributed by atoms with E-state index in [1.807, 2.05) is 30.3 Å². The monoisotopic (exact) mass is 396 g/mol. The standard InChI is InChI=1S/C22H28N4O3/c23-20(27)19-22(9-4-10-24-19,15-16-5-3-6-16)25-21(28)17-7-1-2-8-18(17)26-11-13-29-14-12-26/h1-2,4,7-10,16,19H,3,5-6,11-15H2,(H2,23,27)(H,25,28). The fourth-order valence-corrected chi connectivity index (χ4v) is 4.44. The van der Waals surface area contributed by atoms with Crippen LogP contribution in [0.2, 0.25) is 0 Å². The van der Waals surface area contributed by atoms with E-state index in [1.54, 1.807) is 12.3 Å². The van der Waals surface area contributed by atoms with E-state index >= 15 is 0 Å². The van der Waals surface area contributed by atoms with Gasteiger partial charge in [0.25, 0.3) is 5.91 Å². The number of hydrogen-bond donors (Lipinski definition) is 2. The molecule has 154 valence electrons. The van der Waals surface area contributed by atoms with Gasteiger partial charge >= 0.3 is 0 Å². The molecule has 3 N–H and O–H groups in total. The first-order valence-electron chi connectivity index (χ1n) is 10.3. The van der Waals surface area contributed by atoms with Crippen LogP contribution in [0.4, 0.5) is 5.69 Å². The van der Waals surface area contributed by atoms with Crippen molar-refractivity contribution < 1.29 is 14.3 Å². The number of hydrogen-bond acceptors (Lipinski definition) is 5. The van der Waals surface area contributed by atoms with Crippen LogP contribution in [0, 0.1) is 5.92 Å². The minimum Gasteiger partial charge on any atom is -0.378 e. The molecule has 2 unspecified atom stereocenters. The number of para-hydroxylation sites is 1. The average Bonchev–Trinajstić information content (AvgIpc) is 2.71. The lowest BCUT2D eigenvalue weighted by atomic mass is 9.72. The van der Waals surface area contributed by atoms with Gasteiger partial charge in [-0.3, -0.25) is 14.6 Å². The van der Waals surface area contributed by atoms with Gasteiger partial charge in [0.1, 0.15) is 0 Å². The Bertz CT molecular complexity index is 827. The zero-order valence-corrected chi connectivity index (χ0v) is 16.5. The number of carbonyl (C=O) groups excluding carboxylic acids is 2. The van der Waals surface area contributed by atoms with Gasteiger partial charge in [-0.2, -0.15) is 0 Å². The van der Waals surface area contributed by atoms with E-state index in [0.717, 1.165) is 31.6 Å². The second-order valence-corrected chi connectivity index (χ2v) is 8.07. The molecule has 2 fully saturated rings. The number of nitrogens with two attached hydrogens (primary N) is 1. The molecule has 0 aromatic heterocycles. The van der Waals surface area contributed by atoms with Crippen molar-refractivity contribution in [2.45, 2.75) is 37.3 Å². The van der Waals surface area contributed by atoms with E-state index in [9.17, 15) is 9.59 Å². The number of ether oxygens (including phenoxy) is 1. The molecule has 1 saturated carbocycles. The molecule has 0 spiro atoms. The lowest BCUT2D eigenvalue weighted by Crippen LogP contribution is -2.61.